The van der Waals surface area contributed by atoms with Gasteiger partial charge >= 0.3 is 19.1 Å². The second-order valence-electron chi connectivity index (χ2n) is 7.76. The number of rotatable bonds is 8. The van der Waals surface area contributed by atoms with E-state index in [0.717, 1.165) is 0 Å². The molecule has 3 atom stereocenters. The van der Waals surface area contributed by atoms with Gasteiger partial charge in [-0.1, -0.05) is 6.07 Å². The number of ether oxygens (including phenoxy) is 1. The lowest BCUT2D eigenvalue weighted by atomic mass is 9.81. The molecule has 7 N–H and O–H groups in total. The fourth-order valence-electron chi connectivity index (χ4n) is 3.53. The van der Waals surface area contributed by atoms with E-state index in [1.165, 1.54) is 19.1 Å². The topological polar surface area (TPSA) is 174 Å². The van der Waals surface area contributed by atoms with Crippen molar-refractivity contribution >= 4 is 19.1 Å². The number of aromatic hydroxyl groups is 1. The van der Waals surface area contributed by atoms with Gasteiger partial charge in [0.05, 0.1) is 0 Å². The molecule has 10 nitrogen and oxygen atoms in total. The van der Waals surface area contributed by atoms with Crippen molar-refractivity contribution < 1.29 is 39.7 Å². The normalized spacial score (nSPS) is 24.1. The van der Waals surface area contributed by atoms with E-state index < -0.39 is 36.2 Å². The van der Waals surface area contributed by atoms with Gasteiger partial charge in [0.1, 0.15) is 28.7 Å². The second-order valence-corrected chi connectivity index (χ2v) is 7.76. The van der Waals surface area contributed by atoms with E-state index in [9.17, 15) is 29.9 Å². The number of aromatic carboxylic acids is 1. The lowest BCUT2D eigenvalue weighted by Crippen LogP contribution is -2.62. The van der Waals surface area contributed by atoms with E-state index in [0.29, 0.717) is 25.1 Å². The fourth-order valence-corrected chi connectivity index (χ4v) is 3.53. The number of hydrogen-bond donors (Lipinski definition) is 6. The number of nitrogens with zero attached hydrogens (tertiary/aromatic N) is 1. The van der Waals surface area contributed by atoms with E-state index in [1.54, 1.807) is 4.90 Å². The van der Waals surface area contributed by atoms with Crippen molar-refractivity contribution in [3.8, 4) is 11.5 Å². The van der Waals surface area contributed by atoms with Gasteiger partial charge in [-0.15, -0.1) is 0 Å². The average molecular weight is 394 g/mol. The van der Waals surface area contributed by atoms with Crippen molar-refractivity contribution in [2.45, 2.75) is 36.7 Å². The van der Waals surface area contributed by atoms with E-state index in [4.69, 9.17) is 15.6 Å². The van der Waals surface area contributed by atoms with Gasteiger partial charge < -0.3 is 35.8 Å². The zero-order valence-electron chi connectivity index (χ0n) is 15.3. The van der Waals surface area contributed by atoms with Gasteiger partial charge in [-0.3, -0.25) is 9.69 Å². The molecule has 152 valence electrons. The number of aliphatic carboxylic acids is 1. The molecule has 0 amide bonds. The van der Waals surface area contributed by atoms with Crippen molar-refractivity contribution in [2.24, 2.45) is 5.73 Å². The molecule has 0 spiro atoms. The van der Waals surface area contributed by atoms with Crippen LogP contribution in [0.4, 0.5) is 0 Å². The smallest absolute Gasteiger partial charge is 0.455 e. The van der Waals surface area contributed by atoms with E-state index >= 15 is 0 Å². The van der Waals surface area contributed by atoms with Gasteiger partial charge in [0.2, 0.25) is 0 Å². The SMILES string of the molecule is CC(N)(CN1CC(Oc2ccc([C@H]3CC3B(O)O)c(O)c2C(=O)O)C1)C(=O)O. The lowest BCUT2D eigenvalue weighted by Gasteiger charge is -2.41. The average Bonchev–Trinajstić information content (AvgIpc) is 3.32. The summed E-state index contributed by atoms with van der Waals surface area (Å²) in [4.78, 5) is 24.5. The Morgan fingerprint density at radius 3 is 2.46 bits per heavy atom. The number of phenols is 1. The Bertz CT molecular complexity index is 794. The molecule has 3 rings (SSSR count). The Hall–Kier alpha value is -2.34. The highest BCUT2D eigenvalue weighted by molar-refractivity contribution is 6.44. The van der Waals surface area contributed by atoms with Crippen LogP contribution < -0.4 is 10.5 Å². The van der Waals surface area contributed by atoms with Crippen molar-refractivity contribution in [1.29, 1.82) is 0 Å². The molecule has 0 radical (unpaired) electrons. The zero-order chi connectivity index (χ0) is 20.8. The number of carboxylic acids is 2. The van der Waals surface area contributed by atoms with Crippen LogP contribution in [0.15, 0.2) is 12.1 Å². The lowest BCUT2D eigenvalue weighted by molar-refractivity contribution is -0.144. The minimum Gasteiger partial charge on any atom is -0.507 e. The molecule has 1 saturated heterocycles. The summed E-state index contributed by atoms with van der Waals surface area (Å²) >= 11 is 0. The number of likely N-dealkylation sites (tertiary alicyclic amines) is 1. The fraction of sp³-hybridized carbons (Fsp3) is 0.529. The van der Waals surface area contributed by atoms with Gasteiger partial charge in [0.15, 0.2) is 0 Å². The van der Waals surface area contributed by atoms with Crippen LogP contribution >= 0.6 is 0 Å². The first-order valence-corrected chi connectivity index (χ1v) is 8.88. The van der Waals surface area contributed by atoms with Crippen LogP contribution in [0.1, 0.15) is 35.2 Å². The van der Waals surface area contributed by atoms with Gasteiger partial charge in [-0.2, -0.15) is 0 Å². The Labute approximate surface area is 161 Å². The standard InChI is InChI=1S/C17H23BN2O8/c1-17(19,16(24)25)7-20-5-8(6-20)28-12-3-2-9(10-4-11(10)18(26)27)14(21)13(12)15(22)23/h2-3,8,10-11,21,26-27H,4-7,19H2,1H3,(H,22,23)(H,24,25)/t10-,11?,17?/m1/s1. The van der Waals surface area contributed by atoms with Crippen LogP contribution in [0.3, 0.4) is 0 Å². The molecule has 1 aliphatic carbocycles. The summed E-state index contributed by atoms with van der Waals surface area (Å²) in [6.07, 6.45) is 0.0876. The minimum absolute atomic E-state index is 0.00823. The van der Waals surface area contributed by atoms with E-state index in [2.05, 4.69) is 0 Å². The van der Waals surface area contributed by atoms with Crippen LogP contribution in [-0.2, 0) is 4.79 Å². The molecule has 1 heterocycles. The summed E-state index contributed by atoms with van der Waals surface area (Å²) in [5.41, 5.74) is 4.29. The Kier molecular flexibility index (Phi) is 5.28. The third kappa shape index (κ3) is 3.92. The Morgan fingerprint density at radius 1 is 1.32 bits per heavy atom. The highest BCUT2D eigenvalue weighted by atomic mass is 16.5. The quantitative estimate of drug-likeness (QED) is 0.309. The van der Waals surface area contributed by atoms with Crippen LogP contribution in [0.25, 0.3) is 0 Å². The summed E-state index contributed by atoms with van der Waals surface area (Å²) in [7, 11) is -1.52. The maximum Gasteiger partial charge on any atom is 0.455 e. The number of carboxylic acid groups (broad SMARTS) is 2. The van der Waals surface area contributed by atoms with Crippen LogP contribution in [0, 0.1) is 0 Å². The molecule has 2 unspecified atom stereocenters. The van der Waals surface area contributed by atoms with Gasteiger partial charge in [0, 0.05) is 25.5 Å². The molecule has 0 bridgehead atoms. The van der Waals surface area contributed by atoms with Crippen molar-refractivity contribution in [2.75, 3.05) is 19.6 Å². The highest BCUT2D eigenvalue weighted by Gasteiger charge is 2.48. The predicted octanol–water partition coefficient (Wildman–Crippen LogP) is -0.714. The molecule has 28 heavy (non-hydrogen) atoms. The first-order valence-electron chi connectivity index (χ1n) is 8.88. The first-order chi connectivity index (χ1) is 13.0. The largest absolute Gasteiger partial charge is 0.507 e. The number of nitrogens with two attached hydrogens (primary N) is 1. The van der Waals surface area contributed by atoms with E-state index in [1.807, 2.05) is 0 Å². The third-order valence-corrected chi connectivity index (χ3v) is 5.26. The third-order valence-electron chi connectivity index (χ3n) is 5.26. The van der Waals surface area contributed by atoms with E-state index in [-0.39, 0.29) is 29.9 Å². The molecular weight excluding hydrogens is 371 g/mol. The molecule has 1 aromatic carbocycles. The van der Waals surface area contributed by atoms with Gasteiger partial charge in [-0.25, -0.2) is 4.79 Å². The molecule has 1 saturated carbocycles. The van der Waals surface area contributed by atoms with Crippen molar-refractivity contribution in [3.63, 3.8) is 0 Å². The van der Waals surface area contributed by atoms with Crippen molar-refractivity contribution in [1.82, 2.24) is 4.90 Å². The minimum atomic E-state index is -1.52. The molecule has 1 aromatic rings. The first kappa shape index (κ1) is 20.4. The number of hydrogen-bond acceptors (Lipinski definition) is 8. The van der Waals surface area contributed by atoms with Gasteiger partial charge in [0.25, 0.3) is 0 Å². The number of carbonyl (C=O) groups is 2. The second kappa shape index (κ2) is 7.24. The summed E-state index contributed by atoms with van der Waals surface area (Å²) in [5.74, 6) is -3.64. The van der Waals surface area contributed by atoms with Gasteiger partial charge in [-0.05, 0) is 30.9 Å². The predicted molar refractivity (Wildman–Crippen MR) is 97.4 cm³/mol. The summed E-state index contributed by atoms with van der Waals surface area (Å²) in [5, 5.41) is 47.4. The summed E-state index contributed by atoms with van der Waals surface area (Å²) in [6.45, 7) is 2.30. The van der Waals surface area contributed by atoms with Crippen molar-refractivity contribution in [3.05, 3.63) is 23.3 Å². The molecule has 11 heteroatoms. The highest BCUT2D eigenvalue weighted by Crippen LogP contribution is 2.56. The molecule has 2 fully saturated rings. The number of benzene rings is 1. The Balaban J connectivity index is 1.68. The summed E-state index contributed by atoms with van der Waals surface area (Å²) < 4.78 is 5.69. The molecule has 2 aliphatic rings. The van der Waals surface area contributed by atoms with Crippen LogP contribution in [-0.4, -0.2) is 80.6 Å². The molecule has 1 aliphatic heterocycles. The molecule has 0 aromatic heterocycles. The Morgan fingerprint density at radius 2 is 1.96 bits per heavy atom. The maximum absolute atomic E-state index is 11.6. The van der Waals surface area contributed by atoms with Crippen LogP contribution in [0.5, 0.6) is 11.5 Å². The monoisotopic (exact) mass is 394 g/mol. The van der Waals surface area contributed by atoms with Crippen LogP contribution in [0.2, 0.25) is 5.82 Å². The summed E-state index contributed by atoms with van der Waals surface area (Å²) in [6, 6.07) is 2.98. The zero-order valence-corrected chi connectivity index (χ0v) is 15.3. The molecular formula is C17H23BN2O8. The maximum atomic E-state index is 11.6.